The third-order valence-corrected chi connectivity index (χ3v) is 4.85. The van der Waals surface area contributed by atoms with E-state index in [1.54, 1.807) is 43.3 Å². The van der Waals surface area contributed by atoms with Crippen molar-refractivity contribution < 1.29 is 38.0 Å². The molecular weight excluding hydrogens is 392 g/mol. The number of benzene rings is 2. The van der Waals surface area contributed by atoms with E-state index in [1.807, 2.05) is 0 Å². The number of ether oxygens (including phenoxy) is 6. The van der Waals surface area contributed by atoms with E-state index >= 15 is 0 Å². The van der Waals surface area contributed by atoms with Crippen molar-refractivity contribution in [1.29, 1.82) is 0 Å². The van der Waals surface area contributed by atoms with Gasteiger partial charge in [0.1, 0.15) is 0 Å². The van der Waals surface area contributed by atoms with E-state index in [4.69, 9.17) is 28.4 Å². The topological polar surface area (TPSA) is 89.5 Å². The van der Waals surface area contributed by atoms with Gasteiger partial charge in [0.2, 0.25) is 6.79 Å². The molecule has 0 aliphatic carbocycles. The van der Waals surface area contributed by atoms with Crippen LogP contribution in [0.5, 0.6) is 23.0 Å². The first-order valence-corrected chi connectivity index (χ1v) is 9.39. The first-order valence-electron chi connectivity index (χ1n) is 9.39. The molecule has 2 atom stereocenters. The van der Waals surface area contributed by atoms with Crippen LogP contribution in [-0.2, 0) is 19.1 Å². The average molecular weight is 416 g/mol. The van der Waals surface area contributed by atoms with E-state index in [9.17, 15) is 9.59 Å². The molecule has 0 saturated heterocycles. The summed E-state index contributed by atoms with van der Waals surface area (Å²) in [5, 5.41) is 0. The van der Waals surface area contributed by atoms with Crippen molar-refractivity contribution in [3.63, 3.8) is 0 Å². The van der Waals surface area contributed by atoms with Gasteiger partial charge in [0.15, 0.2) is 23.0 Å². The monoisotopic (exact) mass is 416 g/mol. The van der Waals surface area contributed by atoms with Crippen molar-refractivity contribution in [3.05, 3.63) is 47.5 Å². The lowest BCUT2D eigenvalue weighted by Crippen LogP contribution is -2.29. The predicted octanol–water partition coefficient (Wildman–Crippen LogP) is 3.04. The standard InChI is InChI=1S/C22H24O8/c1-5-28-22(24)20(14-7-9-16-18(11-14)30-12-29-16)19(21(23)27-4)13-6-8-15(25-2)17(10-13)26-3/h6-11,19-20H,5,12H2,1-4H3. The SMILES string of the molecule is CCOC(=O)C(c1ccc2c(c1)OCO2)C(C(=O)OC)c1ccc(OC)c(OC)c1. The van der Waals surface area contributed by atoms with Gasteiger partial charge in [-0.05, 0) is 42.3 Å². The highest BCUT2D eigenvalue weighted by atomic mass is 16.7. The molecule has 0 bridgehead atoms. The minimum atomic E-state index is -0.978. The molecule has 0 saturated carbocycles. The molecule has 0 spiro atoms. The van der Waals surface area contributed by atoms with E-state index in [0.29, 0.717) is 34.1 Å². The fourth-order valence-corrected chi connectivity index (χ4v) is 3.44. The number of rotatable bonds is 8. The van der Waals surface area contributed by atoms with E-state index in [1.165, 1.54) is 21.3 Å². The second kappa shape index (κ2) is 9.39. The summed E-state index contributed by atoms with van der Waals surface area (Å²) in [6, 6.07) is 10.1. The summed E-state index contributed by atoms with van der Waals surface area (Å²) in [6.07, 6.45) is 0. The van der Waals surface area contributed by atoms with Gasteiger partial charge < -0.3 is 28.4 Å². The Morgan fingerprint density at radius 3 is 2.17 bits per heavy atom. The molecule has 0 amide bonds. The molecule has 3 rings (SSSR count). The van der Waals surface area contributed by atoms with Crippen molar-refractivity contribution in [2.45, 2.75) is 18.8 Å². The van der Waals surface area contributed by atoms with Crippen molar-refractivity contribution in [1.82, 2.24) is 0 Å². The minimum Gasteiger partial charge on any atom is -0.493 e. The van der Waals surface area contributed by atoms with Gasteiger partial charge in [-0.2, -0.15) is 0 Å². The van der Waals surface area contributed by atoms with Crippen LogP contribution in [0.1, 0.15) is 29.9 Å². The lowest BCUT2D eigenvalue weighted by molar-refractivity contribution is -0.152. The molecule has 0 fully saturated rings. The Bertz CT molecular complexity index is 923. The second-order valence-corrected chi connectivity index (χ2v) is 6.46. The first-order chi connectivity index (χ1) is 14.5. The normalized spacial score (nSPS) is 13.9. The Hall–Kier alpha value is -3.42. The van der Waals surface area contributed by atoms with Crippen LogP contribution in [-0.4, -0.2) is 46.7 Å². The first kappa shape index (κ1) is 21.3. The van der Waals surface area contributed by atoms with Crippen molar-refractivity contribution in [2.24, 2.45) is 0 Å². The Balaban J connectivity index is 2.13. The molecule has 0 N–H and O–H groups in total. The van der Waals surface area contributed by atoms with E-state index in [2.05, 4.69) is 0 Å². The number of methoxy groups -OCH3 is 3. The van der Waals surface area contributed by atoms with E-state index < -0.39 is 23.8 Å². The molecule has 2 aromatic rings. The van der Waals surface area contributed by atoms with E-state index in [-0.39, 0.29) is 13.4 Å². The molecule has 8 nitrogen and oxygen atoms in total. The highest BCUT2D eigenvalue weighted by Crippen LogP contribution is 2.42. The largest absolute Gasteiger partial charge is 0.493 e. The summed E-state index contributed by atoms with van der Waals surface area (Å²) in [5.41, 5.74) is 1.07. The maximum Gasteiger partial charge on any atom is 0.314 e. The Morgan fingerprint density at radius 2 is 1.50 bits per heavy atom. The summed E-state index contributed by atoms with van der Waals surface area (Å²) in [4.78, 5) is 25.9. The second-order valence-electron chi connectivity index (χ2n) is 6.46. The van der Waals surface area contributed by atoms with Gasteiger partial charge in [-0.3, -0.25) is 9.59 Å². The number of carbonyl (C=O) groups excluding carboxylic acids is 2. The summed E-state index contributed by atoms with van der Waals surface area (Å²) >= 11 is 0. The zero-order valence-corrected chi connectivity index (χ0v) is 17.3. The molecule has 1 aliphatic rings. The van der Waals surface area contributed by atoms with Crippen LogP contribution in [0.4, 0.5) is 0 Å². The fourth-order valence-electron chi connectivity index (χ4n) is 3.44. The van der Waals surface area contributed by atoms with Crippen LogP contribution < -0.4 is 18.9 Å². The maximum atomic E-state index is 13.0. The zero-order valence-electron chi connectivity index (χ0n) is 17.3. The van der Waals surface area contributed by atoms with Gasteiger partial charge >= 0.3 is 11.9 Å². The summed E-state index contributed by atoms with van der Waals surface area (Å²) in [6.45, 7) is 1.97. The van der Waals surface area contributed by atoms with Gasteiger partial charge in [-0.15, -0.1) is 0 Å². The molecule has 0 aromatic heterocycles. The van der Waals surface area contributed by atoms with Crippen LogP contribution in [0.15, 0.2) is 36.4 Å². The summed E-state index contributed by atoms with van der Waals surface area (Å²) < 4.78 is 31.8. The van der Waals surface area contributed by atoms with Gasteiger partial charge in [-0.1, -0.05) is 12.1 Å². The maximum absolute atomic E-state index is 13.0. The predicted molar refractivity (Wildman–Crippen MR) is 106 cm³/mol. The van der Waals surface area contributed by atoms with Crippen molar-refractivity contribution in [3.8, 4) is 23.0 Å². The fraction of sp³-hybridized carbons (Fsp3) is 0.364. The Kier molecular flexibility index (Phi) is 6.66. The molecule has 30 heavy (non-hydrogen) atoms. The third kappa shape index (κ3) is 4.12. The molecule has 160 valence electrons. The van der Waals surface area contributed by atoms with Crippen LogP contribution in [0.25, 0.3) is 0 Å². The van der Waals surface area contributed by atoms with Crippen LogP contribution in [0.2, 0.25) is 0 Å². The number of carbonyl (C=O) groups is 2. The van der Waals surface area contributed by atoms with Crippen LogP contribution >= 0.6 is 0 Å². The summed E-state index contributed by atoms with van der Waals surface area (Å²) in [5.74, 6) is -1.09. The highest BCUT2D eigenvalue weighted by molar-refractivity contribution is 5.90. The highest BCUT2D eigenvalue weighted by Gasteiger charge is 2.39. The van der Waals surface area contributed by atoms with Crippen molar-refractivity contribution >= 4 is 11.9 Å². The number of hydrogen-bond acceptors (Lipinski definition) is 8. The molecule has 1 heterocycles. The minimum absolute atomic E-state index is 0.0962. The lowest BCUT2D eigenvalue weighted by Gasteiger charge is -2.25. The molecule has 2 aromatic carbocycles. The molecule has 1 aliphatic heterocycles. The quantitative estimate of drug-likeness (QED) is 0.607. The molecule has 0 radical (unpaired) electrons. The number of esters is 2. The molecular formula is C22H24O8. The van der Waals surface area contributed by atoms with Gasteiger partial charge in [0.05, 0.1) is 39.8 Å². The molecule has 8 heteroatoms. The van der Waals surface area contributed by atoms with Crippen LogP contribution in [0.3, 0.4) is 0 Å². The Morgan fingerprint density at radius 1 is 0.867 bits per heavy atom. The third-order valence-electron chi connectivity index (χ3n) is 4.85. The summed E-state index contributed by atoms with van der Waals surface area (Å²) in [7, 11) is 4.29. The molecule has 2 unspecified atom stereocenters. The smallest absolute Gasteiger partial charge is 0.314 e. The van der Waals surface area contributed by atoms with Gasteiger partial charge in [0.25, 0.3) is 0 Å². The Labute approximate surface area is 174 Å². The number of fused-ring (bicyclic) bond motifs is 1. The average Bonchev–Trinajstić information content (AvgIpc) is 3.24. The van der Waals surface area contributed by atoms with Gasteiger partial charge in [0, 0.05) is 0 Å². The van der Waals surface area contributed by atoms with Gasteiger partial charge in [-0.25, -0.2) is 0 Å². The lowest BCUT2D eigenvalue weighted by atomic mass is 9.81. The van der Waals surface area contributed by atoms with E-state index in [0.717, 1.165) is 0 Å². The van der Waals surface area contributed by atoms with Crippen molar-refractivity contribution in [2.75, 3.05) is 34.7 Å². The van der Waals surface area contributed by atoms with Crippen LogP contribution in [0, 0.1) is 0 Å². The zero-order chi connectivity index (χ0) is 21.7. The number of hydrogen-bond donors (Lipinski definition) is 0.